The van der Waals surface area contributed by atoms with Gasteiger partial charge in [0.05, 0.1) is 12.6 Å². The van der Waals surface area contributed by atoms with E-state index < -0.39 is 6.10 Å². The minimum absolute atomic E-state index is 0.105. The summed E-state index contributed by atoms with van der Waals surface area (Å²) >= 11 is 0. The lowest BCUT2D eigenvalue weighted by Gasteiger charge is -2.08. The zero-order valence-electron chi connectivity index (χ0n) is 9.66. The first kappa shape index (κ1) is 12.7. The molecule has 4 heteroatoms. The highest BCUT2D eigenvalue weighted by Crippen LogP contribution is 2.08. The normalized spacial score (nSPS) is 12.2. The number of amides is 1. The highest BCUT2D eigenvalue weighted by Gasteiger charge is 2.02. The molecule has 0 aliphatic rings. The fraction of sp³-hybridized carbons (Fsp3) is 0.417. The lowest BCUT2D eigenvalue weighted by atomic mass is 10.2. The van der Waals surface area contributed by atoms with Crippen LogP contribution >= 0.6 is 0 Å². The van der Waals surface area contributed by atoms with Crippen LogP contribution in [0.2, 0.25) is 0 Å². The summed E-state index contributed by atoms with van der Waals surface area (Å²) < 4.78 is 0. The number of carbonyl (C=O) groups excluding carboxylic acids is 1. The summed E-state index contributed by atoms with van der Waals surface area (Å²) in [5.41, 5.74) is 1.90. The lowest BCUT2D eigenvalue weighted by Crippen LogP contribution is -2.32. The second kappa shape index (κ2) is 6.25. The maximum Gasteiger partial charge on any atom is 0.238 e. The Bertz CT molecular complexity index is 351. The molecule has 3 N–H and O–H groups in total. The van der Waals surface area contributed by atoms with Crippen LogP contribution in [0.3, 0.4) is 0 Å². The zero-order chi connectivity index (χ0) is 12.0. The van der Waals surface area contributed by atoms with Crippen LogP contribution in [0.4, 0.5) is 5.69 Å². The van der Waals surface area contributed by atoms with E-state index in [0.29, 0.717) is 6.54 Å². The minimum atomic E-state index is -0.438. The minimum Gasteiger partial charge on any atom is -0.392 e. The molecule has 1 aromatic rings. The van der Waals surface area contributed by atoms with Crippen molar-refractivity contribution in [2.24, 2.45) is 0 Å². The van der Waals surface area contributed by atoms with Crippen molar-refractivity contribution in [3.63, 3.8) is 0 Å². The number of carbonyl (C=O) groups is 1. The summed E-state index contributed by atoms with van der Waals surface area (Å²) in [5.74, 6) is -0.105. The van der Waals surface area contributed by atoms with Crippen molar-refractivity contribution in [3.05, 3.63) is 29.8 Å². The van der Waals surface area contributed by atoms with Crippen LogP contribution < -0.4 is 10.6 Å². The number of nitrogens with one attached hydrogen (secondary N) is 2. The van der Waals surface area contributed by atoms with Gasteiger partial charge in [-0.05, 0) is 31.5 Å². The molecule has 1 atom stereocenters. The summed E-state index contributed by atoms with van der Waals surface area (Å²) in [6, 6.07) is 7.63. The quantitative estimate of drug-likeness (QED) is 0.693. The van der Waals surface area contributed by atoms with Crippen molar-refractivity contribution in [1.29, 1.82) is 0 Å². The molecule has 0 aliphatic heterocycles. The molecule has 4 nitrogen and oxygen atoms in total. The number of benzene rings is 1. The second-order valence-corrected chi connectivity index (χ2v) is 3.90. The van der Waals surface area contributed by atoms with E-state index in [1.807, 2.05) is 31.2 Å². The van der Waals surface area contributed by atoms with E-state index >= 15 is 0 Å². The average Bonchev–Trinajstić information content (AvgIpc) is 2.16. The molecule has 0 saturated heterocycles. The van der Waals surface area contributed by atoms with Crippen molar-refractivity contribution in [1.82, 2.24) is 5.32 Å². The molecule has 1 aromatic carbocycles. The van der Waals surface area contributed by atoms with Crippen molar-refractivity contribution in [2.45, 2.75) is 20.0 Å². The van der Waals surface area contributed by atoms with Gasteiger partial charge in [-0.1, -0.05) is 12.1 Å². The summed E-state index contributed by atoms with van der Waals surface area (Å²) in [5, 5.41) is 14.6. The number of anilines is 1. The second-order valence-electron chi connectivity index (χ2n) is 3.90. The highest BCUT2D eigenvalue weighted by molar-refractivity contribution is 5.92. The fourth-order valence-corrected chi connectivity index (χ4v) is 1.32. The predicted octanol–water partition coefficient (Wildman–Crippen LogP) is 0.904. The van der Waals surface area contributed by atoms with Gasteiger partial charge in [0.15, 0.2) is 0 Å². The Morgan fingerprint density at radius 2 is 2.25 bits per heavy atom. The van der Waals surface area contributed by atoms with Gasteiger partial charge in [0.1, 0.15) is 0 Å². The van der Waals surface area contributed by atoms with Gasteiger partial charge < -0.3 is 15.7 Å². The number of aliphatic hydroxyl groups excluding tert-OH is 1. The Morgan fingerprint density at radius 1 is 1.50 bits per heavy atom. The molecule has 0 saturated carbocycles. The monoisotopic (exact) mass is 222 g/mol. The third kappa shape index (κ3) is 4.91. The molecule has 0 radical (unpaired) electrons. The van der Waals surface area contributed by atoms with Crippen LogP contribution in [-0.2, 0) is 4.79 Å². The Balaban J connectivity index is 2.34. The standard InChI is InChI=1S/C12H18N2O2/c1-9-4-3-5-11(6-9)14-12(16)8-13-7-10(2)15/h3-6,10,13,15H,7-8H2,1-2H3,(H,14,16). The molecule has 1 unspecified atom stereocenters. The smallest absolute Gasteiger partial charge is 0.238 e. The number of aryl methyl sites for hydroxylation is 1. The molecule has 16 heavy (non-hydrogen) atoms. The number of aliphatic hydroxyl groups is 1. The Morgan fingerprint density at radius 3 is 2.88 bits per heavy atom. The van der Waals surface area contributed by atoms with E-state index in [-0.39, 0.29) is 12.5 Å². The van der Waals surface area contributed by atoms with Gasteiger partial charge in [-0.2, -0.15) is 0 Å². The fourth-order valence-electron chi connectivity index (χ4n) is 1.32. The van der Waals surface area contributed by atoms with Gasteiger partial charge in [0.2, 0.25) is 5.91 Å². The maximum absolute atomic E-state index is 11.5. The van der Waals surface area contributed by atoms with Crippen LogP contribution in [-0.4, -0.2) is 30.2 Å². The van der Waals surface area contributed by atoms with Crippen LogP contribution in [0.25, 0.3) is 0 Å². The van der Waals surface area contributed by atoms with Crippen molar-refractivity contribution in [3.8, 4) is 0 Å². The Kier molecular flexibility index (Phi) is 4.95. The number of hydrogen-bond donors (Lipinski definition) is 3. The largest absolute Gasteiger partial charge is 0.392 e. The lowest BCUT2D eigenvalue weighted by molar-refractivity contribution is -0.115. The van der Waals surface area contributed by atoms with Crippen molar-refractivity contribution in [2.75, 3.05) is 18.4 Å². The summed E-state index contributed by atoms with van der Waals surface area (Å²) in [7, 11) is 0. The topological polar surface area (TPSA) is 61.4 Å². The number of hydrogen-bond acceptors (Lipinski definition) is 3. The maximum atomic E-state index is 11.5. The molecule has 0 fully saturated rings. The van der Waals surface area contributed by atoms with Crippen LogP contribution in [0.15, 0.2) is 24.3 Å². The molecule has 1 rings (SSSR count). The Labute approximate surface area is 95.7 Å². The molecule has 1 amide bonds. The molecule has 0 heterocycles. The molecule has 0 aliphatic carbocycles. The summed E-state index contributed by atoms with van der Waals surface area (Å²) in [6.07, 6.45) is -0.438. The highest BCUT2D eigenvalue weighted by atomic mass is 16.3. The van der Waals surface area contributed by atoms with E-state index in [1.54, 1.807) is 6.92 Å². The van der Waals surface area contributed by atoms with Crippen molar-refractivity contribution >= 4 is 11.6 Å². The summed E-state index contributed by atoms with van der Waals surface area (Å²) in [6.45, 7) is 4.27. The van der Waals surface area contributed by atoms with E-state index in [1.165, 1.54) is 0 Å². The average molecular weight is 222 g/mol. The zero-order valence-corrected chi connectivity index (χ0v) is 9.66. The van der Waals surface area contributed by atoms with Gasteiger partial charge >= 0.3 is 0 Å². The Hall–Kier alpha value is -1.39. The van der Waals surface area contributed by atoms with Crippen LogP contribution in [0, 0.1) is 6.92 Å². The van der Waals surface area contributed by atoms with E-state index in [4.69, 9.17) is 5.11 Å². The van der Waals surface area contributed by atoms with Gasteiger partial charge in [0, 0.05) is 12.2 Å². The van der Waals surface area contributed by atoms with Gasteiger partial charge in [0.25, 0.3) is 0 Å². The van der Waals surface area contributed by atoms with Crippen LogP contribution in [0.1, 0.15) is 12.5 Å². The SMILES string of the molecule is Cc1cccc(NC(=O)CNCC(C)O)c1. The number of rotatable bonds is 5. The van der Waals surface area contributed by atoms with Crippen LogP contribution in [0.5, 0.6) is 0 Å². The van der Waals surface area contributed by atoms with E-state index in [0.717, 1.165) is 11.3 Å². The van der Waals surface area contributed by atoms with Gasteiger partial charge in [-0.25, -0.2) is 0 Å². The van der Waals surface area contributed by atoms with Gasteiger partial charge in [-0.3, -0.25) is 4.79 Å². The van der Waals surface area contributed by atoms with E-state index in [2.05, 4.69) is 10.6 Å². The molecular weight excluding hydrogens is 204 g/mol. The molecule has 88 valence electrons. The first-order valence-corrected chi connectivity index (χ1v) is 5.33. The third-order valence-corrected chi connectivity index (χ3v) is 2.03. The first-order valence-electron chi connectivity index (χ1n) is 5.33. The molecule has 0 bridgehead atoms. The third-order valence-electron chi connectivity index (χ3n) is 2.03. The molecule has 0 aromatic heterocycles. The molecule has 0 spiro atoms. The molecular formula is C12H18N2O2. The van der Waals surface area contributed by atoms with Crippen molar-refractivity contribution < 1.29 is 9.90 Å². The van der Waals surface area contributed by atoms with Gasteiger partial charge in [-0.15, -0.1) is 0 Å². The first-order chi connectivity index (χ1) is 7.58. The predicted molar refractivity (Wildman–Crippen MR) is 64.4 cm³/mol. The summed E-state index contributed by atoms with van der Waals surface area (Å²) in [4.78, 5) is 11.5. The van der Waals surface area contributed by atoms with E-state index in [9.17, 15) is 4.79 Å².